The van der Waals surface area contributed by atoms with Gasteiger partial charge in [-0.05, 0) is 30.5 Å². The summed E-state index contributed by atoms with van der Waals surface area (Å²) in [6, 6.07) is 7.67. The molecule has 1 aromatic carbocycles. The van der Waals surface area contributed by atoms with Crippen LogP contribution < -0.4 is 4.74 Å². The average Bonchev–Trinajstić information content (AvgIpc) is 2.33. The number of aryl methyl sites for hydroxylation is 1. The van der Waals surface area contributed by atoms with Gasteiger partial charge in [-0.25, -0.2) is 0 Å². The molecule has 4 heteroatoms. The predicted octanol–water partition coefficient (Wildman–Crippen LogP) is 3.69. The van der Waals surface area contributed by atoms with Crippen molar-refractivity contribution >= 4 is 18.4 Å². The number of carboxylic acid groups (broad SMARTS) is 1. The summed E-state index contributed by atoms with van der Waals surface area (Å²) in [5.41, 5.74) is 1.04. The third-order valence-electron chi connectivity index (χ3n) is 2.57. The molecule has 0 saturated carbocycles. The fourth-order valence-electron chi connectivity index (χ4n) is 1.55. The van der Waals surface area contributed by atoms with Gasteiger partial charge >= 0.3 is 5.97 Å². The first-order valence-corrected chi connectivity index (χ1v) is 6.16. The van der Waals surface area contributed by atoms with E-state index in [0.29, 0.717) is 6.42 Å². The van der Waals surface area contributed by atoms with Crippen molar-refractivity contribution in [3.8, 4) is 5.75 Å². The Labute approximate surface area is 115 Å². The lowest BCUT2D eigenvalue weighted by molar-refractivity contribution is -0.136. The Bertz CT molecular complexity index is 335. The zero-order valence-corrected chi connectivity index (χ0v) is 11.5. The van der Waals surface area contributed by atoms with Crippen LogP contribution in [0.3, 0.4) is 0 Å². The SMILES string of the molecule is CCCCCOc1ccc(CCC(=O)O)cc1.Cl. The van der Waals surface area contributed by atoms with Gasteiger partial charge in [0.05, 0.1) is 6.61 Å². The van der Waals surface area contributed by atoms with E-state index in [4.69, 9.17) is 9.84 Å². The van der Waals surface area contributed by atoms with E-state index in [2.05, 4.69) is 6.92 Å². The Morgan fingerprint density at radius 3 is 2.44 bits per heavy atom. The first-order chi connectivity index (χ1) is 8.22. The number of hydrogen-bond acceptors (Lipinski definition) is 2. The number of rotatable bonds is 8. The number of carboxylic acids is 1. The minimum Gasteiger partial charge on any atom is -0.494 e. The van der Waals surface area contributed by atoms with Gasteiger partial charge in [-0.1, -0.05) is 31.9 Å². The molecule has 0 aliphatic carbocycles. The van der Waals surface area contributed by atoms with Gasteiger partial charge in [0.25, 0.3) is 0 Å². The lowest BCUT2D eigenvalue weighted by Gasteiger charge is -2.06. The summed E-state index contributed by atoms with van der Waals surface area (Å²) in [4.78, 5) is 10.4. The molecule has 0 aromatic heterocycles. The van der Waals surface area contributed by atoms with E-state index in [1.807, 2.05) is 24.3 Å². The summed E-state index contributed by atoms with van der Waals surface area (Å²) >= 11 is 0. The van der Waals surface area contributed by atoms with Crippen LogP contribution in [0.5, 0.6) is 5.75 Å². The van der Waals surface area contributed by atoms with Crippen molar-refractivity contribution in [2.75, 3.05) is 6.61 Å². The van der Waals surface area contributed by atoms with Gasteiger partial charge in [0.1, 0.15) is 5.75 Å². The van der Waals surface area contributed by atoms with Gasteiger partial charge in [-0.3, -0.25) is 4.79 Å². The highest BCUT2D eigenvalue weighted by Gasteiger charge is 1.99. The van der Waals surface area contributed by atoms with E-state index < -0.39 is 5.97 Å². The summed E-state index contributed by atoms with van der Waals surface area (Å²) in [6.45, 7) is 2.92. The molecular weight excluding hydrogens is 252 g/mol. The normalized spacial score (nSPS) is 9.61. The molecule has 1 aromatic rings. The summed E-state index contributed by atoms with van der Waals surface area (Å²) < 4.78 is 5.57. The van der Waals surface area contributed by atoms with E-state index in [-0.39, 0.29) is 18.8 Å². The van der Waals surface area contributed by atoms with Crippen LogP contribution in [0.4, 0.5) is 0 Å². The van der Waals surface area contributed by atoms with Gasteiger partial charge < -0.3 is 9.84 Å². The van der Waals surface area contributed by atoms with Crippen molar-refractivity contribution in [3.05, 3.63) is 29.8 Å². The Balaban J connectivity index is 0.00000289. The fourth-order valence-corrected chi connectivity index (χ4v) is 1.55. The second-order valence-electron chi connectivity index (χ2n) is 4.09. The molecule has 18 heavy (non-hydrogen) atoms. The van der Waals surface area contributed by atoms with Crippen molar-refractivity contribution in [2.24, 2.45) is 0 Å². The third-order valence-corrected chi connectivity index (χ3v) is 2.57. The number of carbonyl (C=O) groups is 1. The first kappa shape index (κ1) is 16.8. The number of aliphatic carboxylic acids is 1. The summed E-state index contributed by atoms with van der Waals surface area (Å²) in [7, 11) is 0. The maximum absolute atomic E-state index is 10.4. The maximum atomic E-state index is 10.4. The van der Waals surface area contributed by atoms with Crippen LogP contribution in [0, 0.1) is 0 Å². The van der Waals surface area contributed by atoms with Gasteiger partial charge in [0.2, 0.25) is 0 Å². The van der Waals surface area contributed by atoms with Crippen LogP contribution in [0.2, 0.25) is 0 Å². The maximum Gasteiger partial charge on any atom is 0.303 e. The smallest absolute Gasteiger partial charge is 0.303 e. The molecule has 0 amide bonds. The molecule has 3 nitrogen and oxygen atoms in total. The van der Waals surface area contributed by atoms with Gasteiger partial charge in [-0.2, -0.15) is 0 Å². The predicted molar refractivity (Wildman–Crippen MR) is 74.7 cm³/mol. The Morgan fingerprint density at radius 2 is 1.89 bits per heavy atom. The summed E-state index contributed by atoms with van der Waals surface area (Å²) in [6.07, 6.45) is 4.22. The van der Waals surface area contributed by atoms with Gasteiger partial charge in [-0.15, -0.1) is 12.4 Å². The zero-order valence-electron chi connectivity index (χ0n) is 10.7. The topological polar surface area (TPSA) is 46.5 Å². The largest absolute Gasteiger partial charge is 0.494 e. The molecule has 102 valence electrons. The van der Waals surface area contributed by atoms with Crippen molar-refractivity contribution in [1.29, 1.82) is 0 Å². The van der Waals surface area contributed by atoms with E-state index in [0.717, 1.165) is 24.3 Å². The third kappa shape index (κ3) is 7.17. The van der Waals surface area contributed by atoms with Crippen LogP contribution >= 0.6 is 12.4 Å². The first-order valence-electron chi connectivity index (χ1n) is 6.16. The van der Waals surface area contributed by atoms with Crippen LogP contribution in [0.15, 0.2) is 24.3 Å². The van der Waals surface area contributed by atoms with Gasteiger partial charge in [0.15, 0.2) is 0 Å². The van der Waals surface area contributed by atoms with E-state index in [1.165, 1.54) is 12.8 Å². The van der Waals surface area contributed by atoms with Crippen LogP contribution in [0.1, 0.15) is 38.2 Å². The highest BCUT2D eigenvalue weighted by atomic mass is 35.5. The van der Waals surface area contributed by atoms with Gasteiger partial charge in [0, 0.05) is 6.42 Å². The average molecular weight is 273 g/mol. The molecule has 0 saturated heterocycles. The molecule has 0 radical (unpaired) electrons. The molecule has 0 fully saturated rings. The lowest BCUT2D eigenvalue weighted by Crippen LogP contribution is -1.99. The number of unbranched alkanes of at least 4 members (excludes halogenated alkanes) is 2. The summed E-state index contributed by atoms with van der Waals surface area (Å²) in [5.74, 6) is 0.102. The van der Waals surface area contributed by atoms with Crippen LogP contribution in [0.25, 0.3) is 0 Å². The molecule has 1 rings (SSSR count). The molecule has 0 bridgehead atoms. The number of benzene rings is 1. The molecule has 1 N–H and O–H groups in total. The number of halogens is 1. The lowest BCUT2D eigenvalue weighted by atomic mass is 10.1. The Hall–Kier alpha value is -1.22. The molecule has 0 unspecified atom stereocenters. The second kappa shape index (κ2) is 9.77. The van der Waals surface area contributed by atoms with Crippen LogP contribution in [-0.2, 0) is 11.2 Å². The second-order valence-corrected chi connectivity index (χ2v) is 4.09. The quantitative estimate of drug-likeness (QED) is 0.734. The van der Waals surface area contributed by atoms with E-state index in [1.54, 1.807) is 0 Å². The van der Waals surface area contributed by atoms with Crippen LogP contribution in [-0.4, -0.2) is 17.7 Å². The monoisotopic (exact) mass is 272 g/mol. The van der Waals surface area contributed by atoms with Crippen molar-refractivity contribution in [2.45, 2.75) is 39.0 Å². The van der Waals surface area contributed by atoms with E-state index >= 15 is 0 Å². The van der Waals surface area contributed by atoms with E-state index in [9.17, 15) is 4.79 Å². The summed E-state index contributed by atoms with van der Waals surface area (Å²) in [5, 5.41) is 8.57. The fraction of sp³-hybridized carbons (Fsp3) is 0.500. The minimum absolute atomic E-state index is 0. The van der Waals surface area contributed by atoms with Crippen molar-refractivity contribution < 1.29 is 14.6 Å². The molecular formula is C14H21ClO3. The highest BCUT2D eigenvalue weighted by molar-refractivity contribution is 5.85. The molecule has 0 aliphatic rings. The molecule has 0 aliphatic heterocycles. The standard InChI is InChI=1S/C14H20O3.ClH/c1-2-3-4-11-17-13-8-5-12(6-9-13)7-10-14(15)16;/h5-6,8-9H,2-4,7,10-11H2,1H3,(H,15,16);1H. The number of ether oxygens (including phenoxy) is 1. The van der Waals surface area contributed by atoms with Crippen molar-refractivity contribution in [1.82, 2.24) is 0 Å². The zero-order chi connectivity index (χ0) is 12.5. The molecule has 0 heterocycles. The molecule has 0 atom stereocenters. The Kier molecular flexibility index (Phi) is 9.11. The Morgan fingerprint density at radius 1 is 1.22 bits per heavy atom. The minimum atomic E-state index is -0.759. The highest BCUT2D eigenvalue weighted by Crippen LogP contribution is 2.14. The molecule has 0 spiro atoms. The number of hydrogen-bond donors (Lipinski definition) is 1. The van der Waals surface area contributed by atoms with Crippen molar-refractivity contribution in [3.63, 3.8) is 0 Å².